The van der Waals surface area contributed by atoms with Gasteiger partial charge in [-0.1, -0.05) is 42.5 Å². The lowest BCUT2D eigenvalue weighted by atomic mass is 10.00. The number of carbonyl (C=O) groups is 1. The van der Waals surface area contributed by atoms with Crippen molar-refractivity contribution in [3.63, 3.8) is 0 Å². The van der Waals surface area contributed by atoms with Gasteiger partial charge in [0.2, 0.25) is 5.78 Å². The number of carbonyl (C=O) groups excluding carboxylic acids is 1. The van der Waals surface area contributed by atoms with E-state index in [9.17, 15) is 4.79 Å². The highest BCUT2D eigenvalue weighted by Crippen LogP contribution is 2.29. The SMILES string of the molecule is CN(C)C1CCN(c2ccc3nc(C(=O)c4ccnc(-c5cccc6ccccc56)c4)[nH]c3c2)CC1. The smallest absolute Gasteiger partial charge is 0.228 e. The molecule has 6 rings (SSSR count). The van der Waals surface area contributed by atoms with Crippen LogP contribution < -0.4 is 4.90 Å². The first-order chi connectivity index (χ1) is 17.6. The summed E-state index contributed by atoms with van der Waals surface area (Å²) in [5.41, 5.74) is 5.21. The monoisotopic (exact) mass is 475 g/mol. The van der Waals surface area contributed by atoms with E-state index in [1.807, 2.05) is 36.4 Å². The van der Waals surface area contributed by atoms with Gasteiger partial charge in [0.1, 0.15) is 0 Å². The molecule has 1 aliphatic heterocycles. The minimum absolute atomic E-state index is 0.136. The van der Waals surface area contributed by atoms with E-state index in [1.165, 1.54) is 5.69 Å². The number of rotatable bonds is 5. The number of aromatic nitrogens is 3. The molecular formula is C30H29N5O. The van der Waals surface area contributed by atoms with Crippen LogP contribution in [-0.4, -0.2) is 58.9 Å². The number of hydrogen-bond donors (Lipinski definition) is 1. The number of nitrogens with zero attached hydrogens (tertiary/aromatic N) is 4. The van der Waals surface area contributed by atoms with Gasteiger partial charge in [0.25, 0.3) is 0 Å². The zero-order chi connectivity index (χ0) is 24.6. The number of hydrogen-bond acceptors (Lipinski definition) is 5. The molecule has 0 aliphatic carbocycles. The quantitative estimate of drug-likeness (QED) is 0.338. The average Bonchev–Trinajstić information content (AvgIpc) is 3.36. The molecule has 0 unspecified atom stereocenters. The van der Waals surface area contributed by atoms with Gasteiger partial charge in [0.15, 0.2) is 5.82 Å². The molecule has 1 N–H and O–H groups in total. The van der Waals surface area contributed by atoms with Gasteiger partial charge in [0, 0.05) is 42.1 Å². The summed E-state index contributed by atoms with van der Waals surface area (Å²) in [6.07, 6.45) is 4.00. The molecule has 1 fully saturated rings. The first-order valence-corrected chi connectivity index (χ1v) is 12.5. The molecular weight excluding hydrogens is 446 g/mol. The van der Waals surface area contributed by atoms with E-state index in [4.69, 9.17) is 0 Å². The molecule has 36 heavy (non-hydrogen) atoms. The van der Waals surface area contributed by atoms with E-state index in [2.05, 4.69) is 69.2 Å². The van der Waals surface area contributed by atoms with Crippen molar-refractivity contribution in [2.75, 3.05) is 32.1 Å². The van der Waals surface area contributed by atoms with Crippen LogP contribution in [0.2, 0.25) is 0 Å². The molecule has 0 amide bonds. The minimum Gasteiger partial charge on any atom is -0.371 e. The molecule has 0 atom stereocenters. The Morgan fingerprint density at radius 1 is 0.972 bits per heavy atom. The summed E-state index contributed by atoms with van der Waals surface area (Å²) >= 11 is 0. The van der Waals surface area contributed by atoms with Gasteiger partial charge < -0.3 is 14.8 Å². The van der Waals surface area contributed by atoms with Gasteiger partial charge in [-0.3, -0.25) is 9.78 Å². The highest BCUT2D eigenvalue weighted by atomic mass is 16.1. The summed E-state index contributed by atoms with van der Waals surface area (Å²) in [7, 11) is 4.31. The van der Waals surface area contributed by atoms with E-state index in [0.717, 1.165) is 59.0 Å². The van der Waals surface area contributed by atoms with Crippen molar-refractivity contribution >= 4 is 33.3 Å². The van der Waals surface area contributed by atoms with Crippen molar-refractivity contribution in [2.24, 2.45) is 0 Å². The predicted molar refractivity (Wildman–Crippen MR) is 146 cm³/mol. The summed E-state index contributed by atoms with van der Waals surface area (Å²) < 4.78 is 0. The van der Waals surface area contributed by atoms with Crippen LogP contribution in [0.15, 0.2) is 79.0 Å². The molecule has 3 heterocycles. The number of imidazole rings is 1. The van der Waals surface area contributed by atoms with Crippen molar-refractivity contribution in [2.45, 2.75) is 18.9 Å². The molecule has 1 aliphatic rings. The van der Waals surface area contributed by atoms with E-state index in [1.54, 1.807) is 12.3 Å². The summed E-state index contributed by atoms with van der Waals surface area (Å²) in [4.78, 5) is 30.6. The number of pyridine rings is 1. The van der Waals surface area contributed by atoms with Crippen molar-refractivity contribution < 1.29 is 4.79 Å². The third-order valence-electron chi connectivity index (χ3n) is 7.33. The Hall–Kier alpha value is -4.03. The van der Waals surface area contributed by atoms with Gasteiger partial charge in [-0.15, -0.1) is 0 Å². The van der Waals surface area contributed by atoms with E-state index >= 15 is 0 Å². The van der Waals surface area contributed by atoms with Crippen LogP contribution in [0, 0.1) is 0 Å². The Bertz CT molecular complexity index is 1560. The fraction of sp³-hybridized carbons (Fsp3) is 0.233. The number of benzene rings is 3. The van der Waals surface area contributed by atoms with Crippen LogP contribution in [0.25, 0.3) is 33.1 Å². The maximum Gasteiger partial charge on any atom is 0.228 e. The third kappa shape index (κ3) is 4.14. The van der Waals surface area contributed by atoms with E-state index in [0.29, 0.717) is 17.4 Å². The average molecular weight is 476 g/mol. The highest BCUT2D eigenvalue weighted by molar-refractivity contribution is 6.09. The molecule has 6 nitrogen and oxygen atoms in total. The molecule has 6 heteroatoms. The number of fused-ring (bicyclic) bond motifs is 2. The van der Waals surface area contributed by atoms with Crippen LogP contribution >= 0.6 is 0 Å². The Kier molecular flexibility index (Phi) is 5.74. The number of H-pyrrole nitrogens is 1. The topological polar surface area (TPSA) is 65.1 Å². The number of aromatic amines is 1. The summed E-state index contributed by atoms with van der Waals surface area (Å²) in [6, 6.07) is 24.8. The zero-order valence-electron chi connectivity index (χ0n) is 20.6. The predicted octanol–water partition coefficient (Wildman–Crippen LogP) is 5.54. The van der Waals surface area contributed by atoms with E-state index in [-0.39, 0.29) is 5.78 Å². The molecule has 1 saturated heterocycles. The fourth-order valence-corrected chi connectivity index (χ4v) is 5.25. The minimum atomic E-state index is -0.136. The van der Waals surface area contributed by atoms with Gasteiger partial charge in [0.05, 0.1) is 16.7 Å². The summed E-state index contributed by atoms with van der Waals surface area (Å²) in [5.74, 6) is 0.215. The number of anilines is 1. The Balaban J connectivity index is 1.27. The maximum absolute atomic E-state index is 13.4. The van der Waals surface area contributed by atoms with Crippen molar-refractivity contribution in [1.29, 1.82) is 0 Å². The molecule has 2 aromatic heterocycles. The number of ketones is 1. The van der Waals surface area contributed by atoms with E-state index < -0.39 is 0 Å². The molecule has 0 bridgehead atoms. The standard InChI is InChI=1S/C30H29N5O/c1-34(2)22-13-16-35(17-14-22)23-10-11-26-28(19-23)33-30(32-26)29(36)21-12-15-31-27(18-21)25-9-5-7-20-6-3-4-8-24(20)25/h3-12,15,18-19,22H,13-14,16-17H2,1-2H3,(H,32,33). The summed E-state index contributed by atoms with van der Waals surface area (Å²) in [6.45, 7) is 2.06. The van der Waals surface area contributed by atoms with Crippen molar-refractivity contribution in [3.05, 3.63) is 90.4 Å². The lowest BCUT2D eigenvalue weighted by molar-refractivity contribution is 0.103. The molecule has 5 aromatic rings. The normalized spacial score (nSPS) is 14.7. The molecule has 3 aromatic carbocycles. The third-order valence-corrected chi connectivity index (χ3v) is 7.33. The van der Waals surface area contributed by atoms with Crippen molar-refractivity contribution in [1.82, 2.24) is 19.9 Å². The number of piperidine rings is 1. The fourth-order valence-electron chi connectivity index (χ4n) is 5.25. The first kappa shape index (κ1) is 22.4. The van der Waals surface area contributed by atoms with Crippen LogP contribution in [0.4, 0.5) is 5.69 Å². The highest BCUT2D eigenvalue weighted by Gasteiger charge is 2.22. The second-order valence-corrected chi connectivity index (χ2v) is 9.75. The first-order valence-electron chi connectivity index (χ1n) is 12.5. The zero-order valence-corrected chi connectivity index (χ0v) is 20.6. The lowest BCUT2D eigenvalue weighted by Crippen LogP contribution is -2.41. The van der Waals surface area contributed by atoms with Crippen LogP contribution in [-0.2, 0) is 0 Å². The largest absolute Gasteiger partial charge is 0.371 e. The van der Waals surface area contributed by atoms with Gasteiger partial charge in [-0.2, -0.15) is 0 Å². The maximum atomic E-state index is 13.4. The van der Waals surface area contributed by atoms with Crippen LogP contribution in [0.5, 0.6) is 0 Å². The summed E-state index contributed by atoms with van der Waals surface area (Å²) in [5, 5.41) is 2.26. The van der Waals surface area contributed by atoms with Gasteiger partial charge >= 0.3 is 0 Å². The second-order valence-electron chi connectivity index (χ2n) is 9.75. The van der Waals surface area contributed by atoms with Crippen molar-refractivity contribution in [3.8, 4) is 11.3 Å². The van der Waals surface area contributed by atoms with Gasteiger partial charge in [-0.05, 0) is 68.0 Å². The molecule has 0 saturated carbocycles. The second kappa shape index (κ2) is 9.21. The van der Waals surface area contributed by atoms with Gasteiger partial charge in [-0.25, -0.2) is 4.98 Å². The molecule has 0 spiro atoms. The Morgan fingerprint density at radius 2 is 1.78 bits per heavy atom. The van der Waals surface area contributed by atoms with Crippen LogP contribution in [0.3, 0.4) is 0 Å². The Labute approximate surface area is 210 Å². The molecule has 180 valence electrons. The number of nitrogens with one attached hydrogen (secondary N) is 1. The lowest BCUT2D eigenvalue weighted by Gasteiger charge is -2.36. The van der Waals surface area contributed by atoms with Crippen LogP contribution in [0.1, 0.15) is 29.0 Å². The molecule has 0 radical (unpaired) electrons. The Morgan fingerprint density at radius 3 is 2.61 bits per heavy atom.